The van der Waals surface area contributed by atoms with Gasteiger partial charge < -0.3 is 14.6 Å². The first-order valence-electron chi connectivity index (χ1n) is 13.4. The van der Waals surface area contributed by atoms with Crippen molar-refractivity contribution in [1.29, 1.82) is 0 Å². The number of allylic oxidation sites excluding steroid dienone is 1. The number of rotatable bonds is 6. The standard InChI is InChI=1S/C25H31N7O4.F6P/c1-16-9-20-21(10-17(16)2)31(15-26-20)12-19-13-32(29-28-19)14-25(36)5-7-30(8-6-25)23(34)11-18-3-4-22(33)27-24(18)35;1-7(2,3,4,5)6/h9-10,13,15,18,36H,3-8,11-12,14H2,1-2H3,(H,27,33,35);/q;-1/p+1. The number of nitrogens with zero attached hydrogens (tertiary/aromatic N) is 5. The van der Waals surface area contributed by atoms with Crippen molar-refractivity contribution in [2.24, 2.45) is 16.3 Å². The van der Waals surface area contributed by atoms with E-state index in [2.05, 4.69) is 51.2 Å². The van der Waals surface area contributed by atoms with Crippen LogP contribution >= 0.6 is 7.81 Å². The second-order valence-corrected chi connectivity index (χ2v) is 13.1. The molecule has 11 nitrogen and oxygen atoms in total. The molecule has 2 saturated heterocycles. The summed E-state index contributed by atoms with van der Waals surface area (Å²) in [6.07, 6.45) is 5.36. The number of fused-ring (bicyclic) bond motifs is 1. The number of benzene rings is 1. The summed E-state index contributed by atoms with van der Waals surface area (Å²) in [6, 6.07) is 4.22. The van der Waals surface area contributed by atoms with E-state index in [-0.39, 0.29) is 30.6 Å². The molecule has 3 aliphatic rings. The third-order valence-electron chi connectivity index (χ3n) is 7.54. The molecule has 4 heterocycles. The number of imidazole rings is 1. The van der Waals surface area contributed by atoms with Crippen LogP contribution in [0, 0.1) is 19.8 Å². The molecule has 238 valence electrons. The first kappa shape index (κ1) is 32.5. The number of hydrogen-bond donors (Lipinski definition) is 3. The van der Waals surface area contributed by atoms with E-state index in [0.29, 0.717) is 45.4 Å². The Morgan fingerprint density at radius 2 is 1.74 bits per heavy atom. The van der Waals surface area contributed by atoms with Crippen molar-refractivity contribution in [2.75, 3.05) is 19.6 Å². The average molecular weight is 640 g/mol. The van der Waals surface area contributed by atoms with Gasteiger partial charge in [-0.25, -0.2) is 4.98 Å². The molecular formula is C25H32F6N7O4P. The average Bonchev–Trinajstić information content (AvgIpc) is 3.46. The van der Waals surface area contributed by atoms with Crippen LogP contribution in [0.25, 0.3) is 11.0 Å². The minimum absolute atomic E-state index is 0.0945. The molecule has 2 fully saturated rings. The maximum absolute atomic E-state index is 12.7. The molecule has 0 saturated carbocycles. The van der Waals surface area contributed by atoms with Crippen molar-refractivity contribution in [3.63, 3.8) is 0 Å². The van der Waals surface area contributed by atoms with Gasteiger partial charge in [0.2, 0.25) is 17.7 Å². The molecule has 1 aromatic heterocycles. The maximum atomic E-state index is 12.7. The van der Waals surface area contributed by atoms with Gasteiger partial charge in [-0.1, -0.05) is 5.11 Å². The van der Waals surface area contributed by atoms with Gasteiger partial charge in [-0.15, -0.1) is 0 Å². The fourth-order valence-corrected chi connectivity index (χ4v) is 5.12. The number of quaternary nitrogens is 1. The van der Waals surface area contributed by atoms with Gasteiger partial charge >= 0.3 is 33.0 Å². The van der Waals surface area contributed by atoms with Gasteiger partial charge in [0, 0.05) is 37.1 Å². The van der Waals surface area contributed by atoms with E-state index in [1.54, 1.807) is 4.90 Å². The summed E-state index contributed by atoms with van der Waals surface area (Å²) in [5, 5.41) is 22.8. The number of hydrogen-bond acceptors (Lipinski definition) is 7. The number of imide groups is 1. The van der Waals surface area contributed by atoms with Crippen LogP contribution in [0.15, 0.2) is 40.7 Å². The Kier molecular flexibility index (Phi) is 8.26. The van der Waals surface area contributed by atoms with Gasteiger partial charge in [0.25, 0.3) is 0 Å². The number of halogens is 6. The zero-order valence-electron chi connectivity index (χ0n) is 23.4. The predicted octanol–water partition coefficient (Wildman–Crippen LogP) is 3.94. The molecule has 0 spiro atoms. The van der Waals surface area contributed by atoms with Crippen LogP contribution in [0.2, 0.25) is 0 Å². The van der Waals surface area contributed by atoms with E-state index in [4.69, 9.17) is 0 Å². The first-order valence-corrected chi connectivity index (χ1v) is 15.5. The summed E-state index contributed by atoms with van der Waals surface area (Å²) in [5.41, 5.74) is 4.27. The summed E-state index contributed by atoms with van der Waals surface area (Å²) < 4.78 is 61.2. The summed E-state index contributed by atoms with van der Waals surface area (Å²) in [4.78, 5) is 42.2. The Morgan fingerprint density at radius 3 is 2.37 bits per heavy atom. The van der Waals surface area contributed by atoms with Crippen molar-refractivity contribution in [2.45, 2.75) is 58.1 Å². The van der Waals surface area contributed by atoms with Crippen molar-refractivity contribution < 1.29 is 49.7 Å². The van der Waals surface area contributed by atoms with Gasteiger partial charge in [0.1, 0.15) is 24.0 Å². The number of nitrogens with one attached hydrogen (secondary N) is 2. The van der Waals surface area contributed by atoms with Crippen molar-refractivity contribution >= 4 is 36.6 Å². The predicted molar refractivity (Wildman–Crippen MR) is 143 cm³/mol. The van der Waals surface area contributed by atoms with E-state index in [1.165, 1.54) is 11.1 Å². The number of piperidine rings is 2. The van der Waals surface area contributed by atoms with Gasteiger partial charge in [-0.2, -0.15) is 5.01 Å². The topological polar surface area (TPSA) is 134 Å². The van der Waals surface area contributed by atoms with E-state index < -0.39 is 19.3 Å². The molecule has 43 heavy (non-hydrogen) atoms. The van der Waals surface area contributed by atoms with Crippen LogP contribution in [0.1, 0.15) is 43.2 Å². The summed E-state index contributed by atoms with van der Waals surface area (Å²) >= 11 is 0. The molecule has 0 radical (unpaired) electrons. The molecule has 3 N–H and O–H groups in total. The number of amides is 3. The Hall–Kier alpha value is -3.43. The fourth-order valence-electron chi connectivity index (χ4n) is 5.12. The molecule has 0 aliphatic carbocycles. The number of carbonyl (C=O) groups excluding carboxylic acids is 3. The van der Waals surface area contributed by atoms with Crippen LogP contribution in [0.3, 0.4) is 0 Å². The molecule has 2 atom stereocenters. The van der Waals surface area contributed by atoms with Gasteiger partial charge in [-0.05, 0) is 56.4 Å². The Bertz CT molecular complexity index is 1490. The fraction of sp³-hybridized carbons (Fsp3) is 0.520. The summed E-state index contributed by atoms with van der Waals surface area (Å²) in [7, 11) is -10.7. The molecular weight excluding hydrogens is 607 g/mol. The summed E-state index contributed by atoms with van der Waals surface area (Å²) in [6.45, 7) is 5.92. The second-order valence-electron chi connectivity index (χ2n) is 11.2. The Labute approximate surface area is 241 Å². The SMILES string of the molecule is Cc1cc2ncn(CC3=C[NH+](CC4(O)CCN(C(=O)CC5CCC(=O)NC5=O)CC4)N=N3)c2cc1C.F[P-](F)(F)(F)(F)F. The van der Waals surface area contributed by atoms with Crippen LogP contribution in [-0.4, -0.2) is 62.5 Å². The molecule has 1 aromatic carbocycles. The second kappa shape index (κ2) is 10.9. The van der Waals surface area contributed by atoms with Gasteiger partial charge in [-0.3, -0.25) is 19.7 Å². The van der Waals surface area contributed by atoms with Crippen LogP contribution in [0.4, 0.5) is 25.2 Å². The molecule has 3 aliphatic heterocycles. The van der Waals surface area contributed by atoms with E-state index in [0.717, 1.165) is 21.7 Å². The Balaban J connectivity index is 0.000000541. The van der Waals surface area contributed by atoms with Crippen LogP contribution < -0.4 is 10.3 Å². The monoisotopic (exact) mass is 639 g/mol. The van der Waals surface area contributed by atoms with E-state index in [1.807, 2.05) is 12.5 Å². The summed E-state index contributed by atoms with van der Waals surface area (Å²) in [5.74, 6) is -1.23. The zero-order chi connectivity index (χ0) is 31.9. The number of aryl methyl sites for hydroxylation is 2. The number of aromatic nitrogens is 2. The molecule has 18 heteroatoms. The molecule has 0 bridgehead atoms. The number of aliphatic hydroxyl groups is 1. The van der Waals surface area contributed by atoms with Crippen molar-refractivity contribution in [1.82, 2.24) is 19.8 Å². The molecule has 3 amide bonds. The van der Waals surface area contributed by atoms with Crippen LogP contribution in [0.5, 0.6) is 0 Å². The third-order valence-corrected chi connectivity index (χ3v) is 7.54. The van der Waals surface area contributed by atoms with E-state index in [9.17, 15) is 44.7 Å². The van der Waals surface area contributed by atoms with Gasteiger partial charge in [0.15, 0.2) is 0 Å². The zero-order valence-corrected chi connectivity index (χ0v) is 24.3. The van der Waals surface area contributed by atoms with Crippen molar-refractivity contribution in [3.8, 4) is 0 Å². The number of likely N-dealkylation sites (tertiary alicyclic amines) is 1. The normalized spacial score (nSPS) is 23.7. The molecule has 2 aromatic rings. The number of carbonyl (C=O) groups is 3. The minimum atomic E-state index is -10.7. The Morgan fingerprint density at radius 1 is 1.12 bits per heavy atom. The van der Waals surface area contributed by atoms with Crippen LogP contribution in [-0.2, 0) is 20.9 Å². The van der Waals surface area contributed by atoms with E-state index >= 15 is 0 Å². The third kappa shape index (κ3) is 9.79. The van der Waals surface area contributed by atoms with Crippen molar-refractivity contribution in [3.05, 3.63) is 41.5 Å². The van der Waals surface area contributed by atoms with Gasteiger partial charge in [0.05, 0.1) is 23.9 Å². The quantitative estimate of drug-likeness (QED) is 0.250. The first-order chi connectivity index (χ1) is 19.6. The molecule has 5 rings (SSSR count). The molecule has 2 unspecified atom stereocenters.